The number of halogens is 2. The second-order valence-corrected chi connectivity index (χ2v) is 10.4. The van der Waals surface area contributed by atoms with Gasteiger partial charge in [-0.3, -0.25) is 9.35 Å². The van der Waals surface area contributed by atoms with Crippen molar-refractivity contribution in [1.29, 1.82) is 0 Å². The van der Waals surface area contributed by atoms with Crippen molar-refractivity contribution in [3.8, 4) is 0 Å². The van der Waals surface area contributed by atoms with E-state index in [9.17, 15) is 26.8 Å². The summed E-state index contributed by atoms with van der Waals surface area (Å²) in [4.78, 5) is 24.6. The first-order valence-electron chi connectivity index (χ1n) is 9.50. The van der Waals surface area contributed by atoms with Gasteiger partial charge in [0, 0.05) is 11.8 Å². The van der Waals surface area contributed by atoms with E-state index < -0.39 is 57.3 Å². The number of hydrogen-bond acceptors (Lipinski definition) is 8. The minimum absolute atomic E-state index is 0.117. The maximum Gasteiger partial charge on any atom is 0.402 e. The molecule has 0 radical (unpaired) electrons. The number of esters is 2. The number of ether oxygens (including phenoxy) is 4. The van der Waals surface area contributed by atoms with Gasteiger partial charge in [-0.15, -0.1) is 0 Å². The Morgan fingerprint density at radius 1 is 1.21 bits per heavy atom. The zero-order chi connectivity index (χ0) is 20.8. The molecule has 2 heterocycles. The van der Waals surface area contributed by atoms with E-state index in [1.54, 1.807) is 0 Å². The van der Waals surface area contributed by atoms with E-state index in [1.807, 2.05) is 0 Å². The molecule has 9 nitrogen and oxygen atoms in total. The number of carbonyl (C=O) groups is 2. The molecule has 0 aromatic carbocycles. The highest BCUT2D eigenvalue weighted by Crippen LogP contribution is 2.67. The van der Waals surface area contributed by atoms with Crippen molar-refractivity contribution in [2.45, 2.75) is 55.4 Å². The molecule has 12 heteroatoms. The Balaban J connectivity index is 1.35. The molecule has 4 atom stereocenters. The number of cyclic esters (lactones) is 1. The van der Waals surface area contributed by atoms with Crippen LogP contribution >= 0.6 is 0 Å². The highest BCUT2D eigenvalue weighted by atomic mass is 32.2. The predicted molar refractivity (Wildman–Crippen MR) is 86.9 cm³/mol. The summed E-state index contributed by atoms with van der Waals surface area (Å²) in [6, 6.07) is 0. The molecule has 6 fully saturated rings. The van der Waals surface area contributed by atoms with Crippen LogP contribution in [0.4, 0.5) is 8.78 Å². The molecule has 4 saturated carbocycles. The van der Waals surface area contributed by atoms with E-state index in [1.165, 1.54) is 0 Å². The number of fused-ring (bicyclic) bond motifs is 1. The van der Waals surface area contributed by atoms with Crippen molar-refractivity contribution < 1.29 is 50.3 Å². The average molecular weight is 438 g/mol. The van der Waals surface area contributed by atoms with Crippen LogP contribution in [-0.2, 0) is 38.7 Å². The first kappa shape index (κ1) is 19.6. The van der Waals surface area contributed by atoms with Gasteiger partial charge in [0.15, 0.2) is 18.5 Å². The van der Waals surface area contributed by atoms with Gasteiger partial charge in [0.25, 0.3) is 0 Å². The van der Waals surface area contributed by atoms with Crippen LogP contribution < -0.4 is 0 Å². The lowest BCUT2D eigenvalue weighted by molar-refractivity contribution is -0.314. The molecule has 6 aliphatic rings. The lowest BCUT2D eigenvalue weighted by Gasteiger charge is -2.61. The summed E-state index contributed by atoms with van der Waals surface area (Å²) in [7, 11) is -5.68. The fourth-order valence-corrected chi connectivity index (χ4v) is 6.31. The Bertz CT molecular complexity index is 856. The van der Waals surface area contributed by atoms with Crippen LogP contribution in [0.2, 0.25) is 0 Å². The predicted octanol–water partition coefficient (Wildman–Crippen LogP) is 0.874. The van der Waals surface area contributed by atoms with Gasteiger partial charge in [0.05, 0.1) is 5.41 Å². The molecule has 4 bridgehead atoms. The Hall–Kier alpha value is -1.37. The molecular formula is C17H20F2O9S. The lowest BCUT2D eigenvalue weighted by Crippen LogP contribution is -2.64. The molecule has 4 unspecified atom stereocenters. The van der Waals surface area contributed by atoms with Gasteiger partial charge in [0.2, 0.25) is 0 Å². The maximum absolute atomic E-state index is 13.5. The monoisotopic (exact) mass is 438 g/mol. The largest absolute Gasteiger partial charge is 0.461 e. The van der Waals surface area contributed by atoms with E-state index in [4.69, 9.17) is 18.8 Å². The molecule has 0 aromatic heterocycles. The molecule has 2 saturated heterocycles. The first-order chi connectivity index (χ1) is 13.5. The molecule has 0 amide bonds. The van der Waals surface area contributed by atoms with Crippen molar-refractivity contribution in [2.24, 2.45) is 23.2 Å². The van der Waals surface area contributed by atoms with E-state index in [0.717, 1.165) is 12.8 Å². The number of carbonyl (C=O) groups excluding carboxylic acids is 2. The number of rotatable bonds is 4. The highest BCUT2D eigenvalue weighted by molar-refractivity contribution is 7.86. The van der Waals surface area contributed by atoms with Gasteiger partial charge in [-0.1, -0.05) is 0 Å². The maximum atomic E-state index is 13.5. The summed E-state index contributed by atoms with van der Waals surface area (Å²) in [6.07, 6.45) is 1.19. The summed E-state index contributed by atoms with van der Waals surface area (Å²) in [5, 5.41) is -4.57. The zero-order valence-electron chi connectivity index (χ0n) is 15.2. The van der Waals surface area contributed by atoms with Crippen LogP contribution in [0.1, 0.15) is 32.1 Å². The molecule has 6 rings (SSSR count). The third-order valence-electron chi connectivity index (χ3n) is 7.12. The SMILES string of the molecule is O=C1OCC2OC3(OC12)C1CC2CC3CC(C(=O)OCC(F)(F)S(=O)(=O)O)(C2)C1. The summed E-state index contributed by atoms with van der Waals surface area (Å²) in [6.45, 7) is -1.62. The topological polar surface area (TPSA) is 125 Å². The summed E-state index contributed by atoms with van der Waals surface area (Å²) >= 11 is 0. The van der Waals surface area contributed by atoms with Crippen LogP contribution in [-0.4, -0.2) is 61.4 Å². The van der Waals surface area contributed by atoms with Crippen molar-refractivity contribution in [3.05, 3.63) is 0 Å². The van der Waals surface area contributed by atoms with Gasteiger partial charge in [-0.05, 0) is 38.0 Å². The standard InChI is InChI=1S/C17H20F2O9S/c18-16(19,29(22,23)24)7-26-14(21)15-3-8-1-9(4-15)17(10(2-8)5-15)27-11-6-25-13(20)12(11)28-17/h8-12H,1-7H2,(H,22,23,24). The minimum atomic E-state index is -5.68. The van der Waals surface area contributed by atoms with E-state index >= 15 is 0 Å². The minimum Gasteiger partial charge on any atom is -0.461 e. The third-order valence-corrected chi connectivity index (χ3v) is 7.99. The van der Waals surface area contributed by atoms with Gasteiger partial charge >= 0.3 is 27.3 Å². The van der Waals surface area contributed by atoms with E-state index in [-0.39, 0.29) is 37.2 Å². The molecule has 162 valence electrons. The van der Waals surface area contributed by atoms with Crippen molar-refractivity contribution in [2.75, 3.05) is 13.2 Å². The molecule has 0 aromatic rings. The Labute approximate surface area is 164 Å². The van der Waals surface area contributed by atoms with Crippen LogP contribution in [0.15, 0.2) is 0 Å². The van der Waals surface area contributed by atoms with Gasteiger partial charge in [-0.25, -0.2) is 4.79 Å². The van der Waals surface area contributed by atoms with Crippen molar-refractivity contribution in [3.63, 3.8) is 0 Å². The highest BCUT2D eigenvalue weighted by Gasteiger charge is 2.71. The van der Waals surface area contributed by atoms with E-state index in [0.29, 0.717) is 6.42 Å². The number of alkyl halides is 2. The van der Waals surface area contributed by atoms with Crippen LogP contribution in [0.5, 0.6) is 0 Å². The second-order valence-electron chi connectivity index (χ2n) is 8.86. The molecule has 29 heavy (non-hydrogen) atoms. The molecule has 1 spiro atoms. The normalized spacial score (nSPS) is 45.5. The lowest BCUT2D eigenvalue weighted by atomic mass is 9.47. The average Bonchev–Trinajstić information content (AvgIpc) is 3.16. The van der Waals surface area contributed by atoms with Crippen LogP contribution in [0.3, 0.4) is 0 Å². The quantitative estimate of drug-likeness (QED) is 0.503. The van der Waals surface area contributed by atoms with Gasteiger partial charge in [-0.2, -0.15) is 17.2 Å². The molecule has 4 aliphatic carbocycles. The summed E-state index contributed by atoms with van der Waals surface area (Å²) in [5.41, 5.74) is -1.03. The van der Waals surface area contributed by atoms with Crippen molar-refractivity contribution in [1.82, 2.24) is 0 Å². The fourth-order valence-electron chi connectivity index (χ4n) is 6.11. The summed E-state index contributed by atoms with van der Waals surface area (Å²) < 4.78 is 78.9. The zero-order valence-corrected chi connectivity index (χ0v) is 16.0. The Kier molecular flexibility index (Phi) is 3.96. The van der Waals surface area contributed by atoms with Crippen LogP contribution in [0, 0.1) is 23.2 Å². The van der Waals surface area contributed by atoms with Crippen LogP contribution in [0.25, 0.3) is 0 Å². The third kappa shape index (κ3) is 2.68. The fraction of sp³-hybridized carbons (Fsp3) is 0.882. The summed E-state index contributed by atoms with van der Waals surface area (Å²) in [5.74, 6) is -2.61. The second kappa shape index (κ2) is 5.86. The first-order valence-corrected chi connectivity index (χ1v) is 10.9. The smallest absolute Gasteiger partial charge is 0.402 e. The van der Waals surface area contributed by atoms with Crippen molar-refractivity contribution >= 4 is 22.1 Å². The molecule has 2 aliphatic heterocycles. The number of hydrogen-bond donors (Lipinski definition) is 1. The molecular weight excluding hydrogens is 418 g/mol. The molecule has 1 N–H and O–H groups in total. The Morgan fingerprint density at radius 3 is 2.45 bits per heavy atom. The van der Waals surface area contributed by atoms with Gasteiger partial charge in [0.1, 0.15) is 12.7 Å². The Morgan fingerprint density at radius 2 is 1.86 bits per heavy atom. The van der Waals surface area contributed by atoms with E-state index in [2.05, 4.69) is 4.74 Å². The van der Waals surface area contributed by atoms with Gasteiger partial charge < -0.3 is 18.9 Å².